The second kappa shape index (κ2) is 6.50. The van der Waals surface area contributed by atoms with E-state index in [2.05, 4.69) is 38.0 Å². The Balaban J connectivity index is 2.03. The van der Waals surface area contributed by atoms with Gasteiger partial charge in [-0.25, -0.2) is 9.36 Å². The summed E-state index contributed by atoms with van der Waals surface area (Å²) in [5, 5.41) is 24.8. The van der Waals surface area contributed by atoms with Gasteiger partial charge in [-0.1, -0.05) is 23.5 Å². The topological polar surface area (TPSA) is 90.4 Å². The number of rotatable bonds is 6. The third kappa shape index (κ3) is 3.46. The maximum Gasteiger partial charge on any atom is 0.211 e. The van der Waals surface area contributed by atoms with Gasteiger partial charge in [-0.15, -0.1) is 10.2 Å². The van der Waals surface area contributed by atoms with Gasteiger partial charge in [-0.05, 0) is 48.8 Å². The molecule has 0 aliphatic carbocycles. The zero-order valence-electron chi connectivity index (χ0n) is 12.0. The van der Waals surface area contributed by atoms with Gasteiger partial charge in [0.25, 0.3) is 0 Å². The molecule has 2 rings (SSSR count). The van der Waals surface area contributed by atoms with E-state index in [1.807, 2.05) is 33.0 Å². The van der Waals surface area contributed by atoms with Crippen LogP contribution >= 0.6 is 23.5 Å². The highest BCUT2D eigenvalue weighted by atomic mass is 32.2. The fourth-order valence-electron chi connectivity index (χ4n) is 1.36. The van der Waals surface area contributed by atoms with E-state index in [-0.39, 0.29) is 10.7 Å². The summed E-state index contributed by atoms with van der Waals surface area (Å²) in [6.45, 7) is 4.12. The van der Waals surface area contributed by atoms with Crippen molar-refractivity contribution in [2.45, 2.75) is 34.9 Å². The summed E-state index contributed by atoms with van der Waals surface area (Å²) in [4.78, 5) is 2.05. The lowest BCUT2D eigenvalue weighted by Crippen LogP contribution is -2.24. The average Bonchev–Trinajstić information content (AvgIpc) is 2.98. The molecule has 2 heterocycles. The maximum absolute atomic E-state index is 4.08. The SMILES string of the molecule is CC(Sc1nnnn1C)Sc1nnnn1C(C)N(C)C. The van der Waals surface area contributed by atoms with Crippen LogP contribution in [0.15, 0.2) is 10.3 Å². The van der Waals surface area contributed by atoms with Crippen molar-refractivity contribution in [1.29, 1.82) is 0 Å². The van der Waals surface area contributed by atoms with E-state index >= 15 is 0 Å². The van der Waals surface area contributed by atoms with Gasteiger partial charge in [0.1, 0.15) is 6.17 Å². The van der Waals surface area contributed by atoms with Gasteiger partial charge in [-0.3, -0.25) is 4.90 Å². The van der Waals surface area contributed by atoms with Crippen LogP contribution in [-0.4, -0.2) is 64.0 Å². The molecule has 0 aliphatic heterocycles. The number of aryl methyl sites for hydroxylation is 1. The lowest BCUT2D eigenvalue weighted by molar-refractivity contribution is 0.204. The van der Waals surface area contributed by atoms with Crippen LogP contribution in [0.5, 0.6) is 0 Å². The molecule has 11 heteroatoms. The van der Waals surface area contributed by atoms with E-state index in [4.69, 9.17) is 0 Å². The van der Waals surface area contributed by atoms with Crippen LogP contribution in [0.1, 0.15) is 20.0 Å². The summed E-state index contributed by atoms with van der Waals surface area (Å²) in [6.07, 6.45) is 0.0983. The first-order valence-corrected chi connectivity index (χ1v) is 7.75. The minimum Gasteiger partial charge on any atom is -0.288 e. The van der Waals surface area contributed by atoms with E-state index in [9.17, 15) is 0 Å². The van der Waals surface area contributed by atoms with Crippen LogP contribution in [0.4, 0.5) is 0 Å². The van der Waals surface area contributed by atoms with Crippen LogP contribution in [-0.2, 0) is 7.05 Å². The minimum absolute atomic E-state index is 0.0983. The molecule has 0 bridgehead atoms. The molecular formula is C9H17N9S2. The Kier molecular flexibility index (Phi) is 4.94. The number of hydrogen-bond donors (Lipinski definition) is 0. The molecule has 0 aliphatic rings. The monoisotopic (exact) mass is 315 g/mol. The molecule has 0 fully saturated rings. The minimum atomic E-state index is 0.0983. The molecular weight excluding hydrogens is 298 g/mol. The van der Waals surface area contributed by atoms with Gasteiger partial charge in [0.2, 0.25) is 10.3 Å². The molecule has 0 saturated carbocycles. The highest BCUT2D eigenvalue weighted by molar-refractivity contribution is 8.16. The normalized spacial score (nSPS) is 14.7. The van der Waals surface area contributed by atoms with E-state index in [1.165, 1.54) is 0 Å². The quantitative estimate of drug-likeness (QED) is 0.558. The molecule has 2 atom stereocenters. The molecule has 2 aromatic rings. The van der Waals surface area contributed by atoms with E-state index in [1.54, 1.807) is 32.9 Å². The van der Waals surface area contributed by atoms with Crippen molar-refractivity contribution in [3.05, 3.63) is 0 Å². The fraction of sp³-hybridized carbons (Fsp3) is 0.778. The van der Waals surface area contributed by atoms with E-state index in [0.717, 1.165) is 10.3 Å². The Bertz CT molecular complexity index is 551. The Morgan fingerprint density at radius 2 is 1.60 bits per heavy atom. The van der Waals surface area contributed by atoms with Gasteiger partial charge in [0.05, 0.1) is 4.58 Å². The molecule has 0 amide bonds. The lowest BCUT2D eigenvalue weighted by Gasteiger charge is -2.20. The Labute approximate surface area is 125 Å². The number of hydrogen-bond acceptors (Lipinski definition) is 9. The van der Waals surface area contributed by atoms with Crippen LogP contribution in [0.2, 0.25) is 0 Å². The summed E-state index contributed by atoms with van der Waals surface area (Å²) in [7, 11) is 5.80. The van der Waals surface area contributed by atoms with Crippen LogP contribution in [0.3, 0.4) is 0 Å². The number of thioether (sulfide) groups is 2. The predicted molar refractivity (Wildman–Crippen MR) is 76.2 cm³/mol. The molecule has 2 unspecified atom stereocenters. The van der Waals surface area contributed by atoms with Crippen molar-refractivity contribution in [2.75, 3.05) is 14.1 Å². The zero-order chi connectivity index (χ0) is 14.7. The van der Waals surface area contributed by atoms with Crippen molar-refractivity contribution >= 4 is 23.5 Å². The molecule has 110 valence electrons. The lowest BCUT2D eigenvalue weighted by atomic mass is 10.5. The standard InChI is InChI=1S/C9H17N9S2/c1-6(16(3)4)18-9(11-13-15-18)20-7(2)19-8-10-12-14-17(8)5/h6-7H,1-5H3. The summed E-state index contributed by atoms with van der Waals surface area (Å²) >= 11 is 3.16. The molecule has 0 spiro atoms. The smallest absolute Gasteiger partial charge is 0.211 e. The van der Waals surface area contributed by atoms with Crippen LogP contribution in [0.25, 0.3) is 0 Å². The largest absolute Gasteiger partial charge is 0.288 e. The van der Waals surface area contributed by atoms with Crippen molar-refractivity contribution < 1.29 is 0 Å². The Morgan fingerprint density at radius 1 is 1.00 bits per heavy atom. The number of tetrazole rings is 2. The highest BCUT2D eigenvalue weighted by Gasteiger charge is 2.19. The van der Waals surface area contributed by atoms with E-state index in [0.29, 0.717) is 0 Å². The van der Waals surface area contributed by atoms with Crippen molar-refractivity contribution in [2.24, 2.45) is 7.05 Å². The van der Waals surface area contributed by atoms with Gasteiger partial charge in [0, 0.05) is 7.05 Å². The van der Waals surface area contributed by atoms with Crippen molar-refractivity contribution in [3.63, 3.8) is 0 Å². The molecule has 0 aromatic carbocycles. The van der Waals surface area contributed by atoms with Crippen LogP contribution < -0.4 is 0 Å². The number of nitrogens with zero attached hydrogens (tertiary/aromatic N) is 9. The number of aromatic nitrogens is 8. The van der Waals surface area contributed by atoms with Crippen molar-refractivity contribution in [1.82, 2.24) is 45.3 Å². The summed E-state index contributed by atoms with van der Waals surface area (Å²) in [6, 6.07) is 0. The highest BCUT2D eigenvalue weighted by Crippen LogP contribution is 2.33. The third-order valence-electron chi connectivity index (χ3n) is 2.69. The first kappa shape index (κ1) is 15.2. The van der Waals surface area contributed by atoms with Gasteiger partial charge >= 0.3 is 0 Å². The Hall–Kier alpha value is -1.20. The van der Waals surface area contributed by atoms with Gasteiger partial charge in [-0.2, -0.15) is 0 Å². The fourth-order valence-corrected chi connectivity index (χ4v) is 3.31. The molecule has 20 heavy (non-hydrogen) atoms. The first-order valence-electron chi connectivity index (χ1n) is 5.99. The van der Waals surface area contributed by atoms with Crippen molar-refractivity contribution in [3.8, 4) is 0 Å². The van der Waals surface area contributed by atoms with Crippen LogP contribution in [0, 0.1) is 0 Å². The second-order valence-corrected chi connectivity index (χ2v) is 7.30. The molecule has 0 radical (unpaired) electrons. The average molecular weight is 315 g/mol. The second-order valence-electron chi connectivity index (χ2n) is 4.39. The Morgan fingerprint density at radius 3 is 2.20 bits per heavy atom. The summed E-state index contributed by atoms with van der Waals surface area (Å²) < 4.78 is 3.64. The van der Waals surface area contributed by atoms with Gasteiger partial charge < -0.3 is 0 Å². The van der Waals surface area contributed by atoms with E-state index < -0.39 is 0 Å². The predicted octanol–water partition coefficient (Wildman–Crippen LogP) is 0.507. The summed E-state index contributed by atoms with van der Waals surface area (Å²) in [5.74, 6) is 0. The maximum atomic E-state index is 4.08. The summed E-state index contributed by atoms with van der Waals surface area (Å²) in [5.41, 5.74) is 0. The molecule has 0 saturated heterocycles. The first-order chi connectivity index (χ1) is 9.49. The third-order valence-corrected chi connectivity index (χ3v) is 4.97. The molecule has 9 nitrogen and oxygen atoms in total. The zero-order valence-corrected chi connectivity index (χ0v) is 13.6. The molecule has 2 aromatic heterocycles. The molecule has 0 N–H and O–H groups in total. The van der Waals surface area contributed by atoms with Gasteiger partial charge in [0.15, 0.2) is 0 Å².